The molecule has 1 aromatic rings. The molecular formula is C15H20N4O2S. The van der Waals surface area contributed by atoms with Gasteiger partial charge in [0.25, 0.3) is 0 Å². The highest BCUT2D eigenvalue weighted by molar-refractivity contribution is 7.98. The molecule has 1 saturated heterocycles. The summed E-state index contributed by atoms with van der Waals surface area (Å²) in [6.07, 6.45) is 3.35. The van der Waals surface area contributed by atoms with Crippen LogP contribution in [0.2, 0.25) is 0 Å². The number of benzene rings is 1. The van der Waals surface area contributed by atoms with Crippen molar-refractivity contribution in [3.8, 4) is 0 Å². The molecule has 22 heavy (non-hydrogen) atoms. The van der Waals surface area contributed by atoms with Gasteiger partial charge >= 0.3 is 6.09 Å². The second kappa shape index (κ2) is 6.93. The number of carbonyl (C=O) groups is 1. The van der Waals surface area contributed by atoms with Crippen LogP contribution in [-0.4, -0.2) is 64.6 Å². The van der Waals surface area contributed by atoms with Crippen LogP contribution < -0.4 is 4.31 Å². The first kappa shape index (κ1) is 15.1. The fraction of sp³-hybridized carbons (Fsp3) is 0.400. The number of anilines is 1. The average Bonchev–Trinajstić information content (AvgIpc) is 3.03. The van der Waals surface area contributed by atoms with Crippen LogP contribution in [0.5, 0.6) is 0 Å². The molecule has 2 aliphatic heterocycles. The highest BCUT2D eigenvalue weighted by Crippen LogP contribution is 2.30. The Morgan fingerprint density at radius 1 is 1.05 bits per heavy atom. The summed E-state index contributed by atoms with van der Waals surface area (Å²) in [6, 6.07) is 10.3. The zero-order chi connectivity index (χ0) is 15.4. The first-order chi connectivity index (χ1) is 10.7. The summed E-state index contributed by atoms with van der Waals surface area (Å²) in [4.78, 5) is 14.7. The first-order valence-corrected chi connectivity index (χ1v) is 8.13. The van der Waals surface area contributed by atoms with Gasteiger partial charge in [0.15, 0.2) is 0 Å². The van der Waals surface area contributed by atoms with E-state index in [0.29, 0.717) is 13.1 Å². The molecule has 1 fully saturated rings. The van der Waals surface area contributed by atoms with Crippen molar-refractivity contribution in [3.05, 3.63) is 42.7 Å². The lowest BCUT2D eigenvalue weighted by Crippen LogP contribution is -2.49. The normalized spacial score (nSPS) is 19.0. The van der Waals surface area contributed by atoms with E-state index in [0.717, 1.165) is 26.2 Å². The molecule has 0 bridgehead atoms. The van der Waals surface area contributed by atoms with Gasteiger partial charge in [0.2, 0.25) is 0 Å². The summed E-state index contributed by atoms with van der Waals surface area (Å²) in [7, 11) is 0. The number of nitrogens with zero attached hydrogens (tertiary/aromatic N) is 4. The summed E-state index contributed by atoms with van der Waals surface area (Å²) < 4.78 is 4.35. The predicted molar refractivity (Wildman–Crippen MR) is 88.4 cm³/mol. The quantitative estimate of drug-likeness (QED) is 0.858. The predicted octanol–water partition coefficient (Wildman–Crippen LogP) is 2.14. The average molecular weight is 320 g/mol. The van der Waals surface area contributed by atoms with Crippen LogP contribution >= 0.6 is 12.1 Å². The number of amides is 1. The highest BCUT2D eigenvalue weighted by atomic mass is 32.2. The van der Waals surface area contributed by atoms with E-state index in [-0.39, 0.29) is 0 Å². The fourth-order valence-corrected chi connectivity index (χ4v) is 3.35. The molecule has 2 aliphatic rings. The van der Waals surface area contributed by atoms with Crippen LogP contribution in [0.25, 0.3) is 0 Å². The largest absolute Gasteiger partial charge is 0.465 e. The summed E-state index contributed by atoms with van der Waals surface area (Å²) >= 11 is 1.68. The molecule has 0 saturated carbocycles. The Hall–Kier alpha value is -1.86. The van der Waals surface area contributed by atoms with Crippen LogP contribution in [0.15, 0.2) is 42.7 Å². The van der Waals surface area contributed by atoms with E-state index < -0.39 is 6.09 Å². The molecule has 7 heteroatoms. The van der Waals surface area contributed by atoms with Gasteiger partial charge in [-0.2, -0.15) is 0 Å². The molecule has 0 aromatic heterocycles. The second-order valence-electron chi connectivity index (χ2n) is 5.29. The molecule has 6 nitrogen and oxygen atoms in total. The van der Waals surface area contributed by atoms with Gasteiger partial charge in [-0.3, -0.25) is 9.21 Å². The van der Waals surface area contributed by atoms with E-state index in [1.54, 1.807) is 12.1 Å². The molecule has 0 atom stereocenters. The zero-order valence-corrected chi connectivity index (χ0v) is 13.2. The smallest absolute Gasteiger partial charge is 0.407 e. The third kappa shape index (κ3) is 3.66. The van der Waals surface area contributed by atoms with Crippen molar-refractivity contribution in [1.29, 1.82) is 0 Å². The van der Waals surface area contributed by atoms with Crippen LogP contribution in [0.1, 0.15) is 0 Å². The van der Waals surface area contributed by atoms with Crippen molar-refractivity contribution in [2.45, 2.75) is 0 Å². The third-order valence-corrected chi connectivity index (χ3v) is 4.87. The highest BCUT2D eigenvalue weighted by Gasteiger charge is 2.21. The molecule has 0 spiro atoms. The second-order valence-corrected chi connectivity index (χ2v) is 6.32. The number of para-hydroxylation sites is 1. The SMILES string of the molecule is O=C(O)N1CCN(CCN2C=CN(c3ccccc3)S2)CC1. The van der Waals surface area contributed by atoms with Crippen molar-refractivity contribution < 1.29 is 9.90 Å². The minimum absolute atomic E-state index is 0.606. The van der Waals surface area contributed by atoms with Crippen LogP contribution in [0.4, 0.5) is 10.5 Å². The van der Waals surface area contributed by atoms with Crippen molar-refractivity contribution in [1.82, 2.24) is 14.1 Å². The maximum absolute atomic E-state index is 10.9. The number of carboxylic acid groups (broad SMARTS) is 1. The van der Waals surface area contributed by atoms with E-state index >= 15 is 0 Å². The summed E-state index contributed by atoms with van der Waals surface area (Å²) in [5.41, 5.74) is 1.17. The Bertz CT molecular complexity index is 532. The standard InChI is InChI=1S/C15H20N4O2S/c20-15(21)17-9-6-16(7-10-17)8-11-18-12-13-19(22-18)14-4-2-1-3-5-14/h1-5,12-13H,6-11H2,(H,20,21). The first-order valence-electron chi connectivity index (χ1n) is 7.40. The van der Waals surface area contributed by atoms with Crippen molar-refractivity contribution in [2.75, 3.05) is 43.6 Å². The van der Waals surface area contributed by atoms with Gasteiger partial charge in [-0.05, 0) is 12.1 Å². The van der Waals surface area contributed by atoms with Crippen LogP contribution in [0, 0.1) is 0 Å². The van der Waals surface area contributed by atoms with Gasteiger partial charge in [-0.25, -0.2) is 4.79 Å². The van der Waals surface area contributed by atoms with Gasteiger partial charge in [0.1, 0.15) is 0 Å². The van der Waals surface area contributed by atoms with Gasteiger partial charge in [-0.1, -0.05) is 18.2 Å². The Kier molecular flexibility index (Phi) is 4.74. The minimum Gasteiger partial charge on any atom is -0.465 e. The maximum atomic E-state index is 10.9. The summed E-state index contributed by atoms with van der Waals surface area (Å²) in [6.45, 7) is 4.72. The molecule has 0 aliphatic carbocycles. The number of hydrogen-bond acceptors (Lipinski definition) is 5. The van der Waals surface area contributed by atoms with Gasteiger partial charge in [0, 0.05) is 51.7 Å². The van der Waals surface area contributed by atoms with E-state index in [9.17, 15) is 4.79 Å². The molecule has 0 radical (unpaired) electrons. The topological polar surface area (TPSA) is 50.3 Å². The number of piperazine rings is 1. The molecule has 1 aromatic carbocycles. The molecule has 1 N–H and O–H groups in total. The number of hydrogen-bond donors (Lipinski definition) is 1. The zero-order valence-electron chi connectivity index (χ0n) is 12.3. The molecular weight excluding hydrogens is 300 g/mol. The number of rotatable bonds is 4. The molecule has 1 amide bonds. The maximum Gasteiger partial charge on any atom is 0.407 e. The lowest BCUT2D eigenvalue weighted by atomic mass is 10.3. The van der Waals surface area contributed by atoms with Crippen LogP contribution in [0.3, 0.4) is 0 Å². The minimum atomic E-state index is -0.809. The Morgan fingerprint density at radius 2 is 1.77 bits per heavy atom. The Labute approximate surface area is 134 Å². The summed E-state index contributed by atoms with van der Waals surface area (Å²) in [5, 5.41) is 8.95. The molecule has 2 heterocycles. The lowest BCUT2D eigenvalue weighted by molar-refractivity contribution is 0.105. The van der Waals surface area contributed by atoms with Crippen molar-refractivity contribution in [2.24, 2.45) is 0 Å². The van der Waals surface area contributed by atoms with E-state index in [4.69, 9.17) is 5.11 Å². The van der Waals surface area contributed by atoms with Gasteiger partial charge < -0.3 is 14.3 Å². The van der Waals surface area contributed by atoms with E-state index in [1.165, 1.54) is 10.6 Å². The monoisotopic (exact) mass is 320 g/mol. The third-order valence-electron chi connectivity index (χ3n) is 3.85. The Morgan fingerprint density at radius 3 is 2.45 bits per heavy atom. The van der Waals surface area contributed by atoms with Crippen molar-refractivity contribution in [3.63, 3.8) is 0 Å². The Balaban J connectivity index is 1.41. The molecule has 118 valence electrons. The van der Waals surface area contributed by atoms with Crippen molar-refractivity contribution >= 4 is 23.9 Å². The molecule has 3 rings (SSSR count). The van der Waals surface area contributed by atoms with E-state index in [2.05, 4.69) is 38.0 Å². The van der Waals surface area contributed by atoms with Gasteiger partial charge in [0.05, 0.1) is 17.8 Å². The van der Waals surface area contributed by atoms with Crippen LogP contribution in [-0.2, 0) is 0 Å². The molecule has 0 unspecified atom stereocenters. The van der Waals surface area contributed by atoms with Gasteiger partial charge in [-0.15, -0.1) is 0 Å². The van der Waals surface area contributed by atoms with E-state index in [1.807, 2.05) is 18.2 Å². The lowest BCUT2D eigenvalue weighted by Gasteiger charge is -2.33. The fourth-order valence-electron chi connectivity index (χ4n) is 2.53. The summed E-state index contributed by atoms with van der Waals surface area (Å²) in [5.74, 6) is 0.